The molecule has 0 unspecified atom stereocenters. The predicted octanol–water partition coefficient (Wildman–Crippen LogP) is 1.29. The molecule has 2 atom stereocenters. The van der Waals surface area contributed by atoms with Crippen molar-refractivity contribution in [2.24, 2.45) is 0 Å². The van der Waals surface area contributed by atoms with Crippen LogP contribution < -0.4 is 5.32 Å². The van der Waals surface area contributed by atoms with Crippen LogP contribution in [0.1, 0.15) is 32.5 Å². The number of carbonyl (C=O) groups is 1. The summed E-state index contributed by atoms with van der Waals surface area (Å²) in [6.45, 7) is 7.15. The first-order valence-electron chi connectivity index (χ1n) is 6.44. The molecule has 0 fully saturated rings. The Hall–Kier alpha value is -2.03. The van der Waals surface area contributed by atoms with Crippen molar-refractivity contribution in [1.82, 2.24) is 19.9 Å². The zero-order valence-electron chi connectivity index (χ0n) is 12.2. The lowest BCUT2D eigenvalue weighted by atomic mass is 10.4. The van der Waals surface area contributed by atoms with Crippen LogP contribution in [0.15, 0.2) is 22.1 Å². The van der Waals surface area contributed by atoms with E-state index in [1.165, 1.54) is 6.33 Å². The van der Waals surface area contributed by atoms with Gasteiger partial charge in [-0.1, -0.05) is 5.16 Å². The van der Waals surface area contributed by atoms with Crippen molar-refractivity contribution in [3.8, 4) is 0 Å². The lowest BCUT2D eigenvalue weighted by molar-refractivity contribution is -0.115. The van der Waals surface area contributed by atoms with Gasteiger partial charge in [0.2, 0.25) is 16.9 Å². The number of nitrogens with zero attached hydrogens (tertiary/aromatic N) is 4. The number of anilines is 1. The molecular formula is C12H17N5O3S. The Morgan fingerprint density at radius 1 is 1.43 bits per heavy atom. The van der Waals surface area contributed by atoms with Crippen molar-refractivity contribution >= 4 is 22.6 Å². The smallest absolute Gasteiger partial charge is 0.242 e. The second-order valence-electron chi connectivity index (χ2n) is 4.88. The molecule has 114 valence electrons. The molecule has 0 aliphatic heterocycles. The summed E-state index contributed by atoms with van der Waals surface area (Å²) < 4.78 is 19.0. The fourth-order valence-electron chi connectivity index (χ4n) is 1.63. The number of aryl methyl sites for hydroxylation is 1. The average molecular weight is 311 g/mol. The lowest BCUT2D eigenvalue weighted by Crippen LogP contribution is -2.30. The van der Waals surface area contributed by atoms with Crippen LogP contribution in [0.3, 0.4) is 0 Å². The molecule has 1 N–H and O–H groups in total. The molecule has 0 spiro atoms. The van der Waals surface area contributed by atoms with Gasteiger partial charge in [-0.3, -0.25) is 14.3 Å². The Bertz CT molecular complexity index is 663. The van der Waals surface area contributed by atoms with Crippen LogP contribution in [0.25, 0.3) is 0 Å². The second-order valence-corrected chi connectivity index (χ2v) is 6.54. The summed E-state index contributed by atoms with van der Waals surface area (Å²) >= 11 is 0. The third kappa shape index (κ3) is 3.35. The first-order valence-corrected chi connectivity index (χ1v) is 7.65. The van der Waals surface area contributed by atoms with E-state index >= 15 is 0 Å². The van der Waals surface area contributed by atoms with E-state index in [2.05, 4.69) is 20.7 Å². The zero-order chi connectivity index (χ0) is 15.6. The van der Waals surface area contributed by atoms with Crippen LogP contribution in [0.2, 0.25) is 0 Å². The van der Waals surface area contributed by atoms with E-state index in [1.54, 1.807) is 24.5 Å². The molecule has 21 heavy (non-hydrogen) atoms. The fraction of sp³-hybridized carbons (Fsp3) is 0.500. The van der Waals surface area contributed by atoms with Gasteiger partial charge < -0.3 is 9.09 Å². The van der Waals surface area contributed by atoms with E-state index in [0.29, 0.717) is 5.69 Å². The van der Waals surface area contributed by atoms with Gasteiger partial charge in [0.25, 0.3) is 0 Å². The van der Waals surface area contributed by atoms with Crippen LogP contribution in [0.4, 0.5) is 5.88 Å². The highest BCUT2D eigenvalue weighted by Crippen LogP contribution is 2.15. The average Bonchev–Trinajstić information content (AvgIpc) is 3.05. The standard InChI is InChI=1S/C12H17N5O3S/c1-7(2)17-6-13-15-12(17)21(19)9(4)11(18)14-10-5-8(3)16-20-10/h5-7,9H,1-4H3,(H,14,18)/t9-,21+/m0/s1. The molecule has 0 bridgehead atoms. The number of aromatic nitrogens is 4. The minimum Gasteiger partial charge on any atom is -0.338 e. The predicted molar refractivity (Wildman–Crippen MR) is 76.1 cm³/mol. The highest BCUT2D eigenvalue weighted by molar-refractivity contribution is 7.86. The molecule has 2 aromatic heterocycles. The molecule has 1 amide bonds. The second kappa shape index (κ2) is 6.17. The molecule has 0 saturated carbocycles. The maximum absolute atomic E-state index is 12.4. The monoisotopic (exact) mass is 311 g/mol. The number of nitrogens with one attached hydrogen (secondary N) is 1. The van der Waals surface area contributed by atoms with Crippen molar-refractivity contribution in [1.29, 1.82) is 0 Å². The van der Waals surface area contributed by atoms with Gasteiger partial charge in [-0.15, -0.1) is 10.2 Å². The third-order valence-electron chi connectivity index (χ3n) is 2.84. The topological polar surface area (TPSA) is 103 Å². The van der Waals surface area contributed by atoms with Gasteiger partial charge in [-0.2, -0.15) is 0 Å². The Labute approximate surface area is 124 Å². The minimum absolute atomic E-state index is 0.0612. The van der Waals surface area contributed by atoms with Crippen LogP contribution in [-0.2, 0) is 15.6 Å². The number of carbonyl (C=O) groups excluding carboxylic acids is 1. The summed E-state index contributed by atoms with van der Waals surface area (Å²) in [5.74, 6) is -0.200. The van der Waals surface area contributed by atoms with E-state index in [-0.39, 0.29) is 17.1 Å². The molecule has 2 rings (SSSR count). The first-order chi connectivity index (χ1) is 9.90. The van der Waals surface area contributed by atoms with Crippen LogP contribution in [-0.4, -0.2) is 35.3 Å². The molecule has 0 radical (unpaired) electrons. The SMILES string of the molecule is Cc1cc(NC(=O)[C@H](C)[S@@](=O)c2nncn2C(C)C)on1. The maximum atomic E-state index is 12.4. The number of hydrogen-bond acceptors (Lipinski definition) is 6. The zero-order valence-corrected chi connectivity index (χ0v) is 13.0. The number of hydrogen-bond donors (Lipinski definition) is 1. The van der Waals surface area contributed by atoms with Gasteiger partial charge in [-0.05, 0) is 27.7 Å². The Morgan fingerprint density at radius 3 is 2.71 bits per heavy atom. The Kier molecular flexibility index (Phi) is 4.51. The summed E-state index contributed by atoms with van der Waals surface area (Å²) in [6.07, 6.45) is 1.50. The summed E-state index contributed by atoms with van der Waals surface area (Å²) in [5.41, 5.74) is 0.652. The van der Waals surface area contributed by atoms with Gasteiger partial charge >= 0.3 is 0 Å². The third-order valence-corrected chi connectivity index (χ3v) is 4.35. The Morgan fingerprint density at radius 2 is 2.14 bits per heavy atom. The Balaban J connectivity index is 2.11. The van der Waals surface area contributed by atoms with E-state index in [4.69, 9.17) is 4.52 Å². The highest BCUT2D eigenvalue weighted by atomic mass is 32.2. The summed E-state index contributed by atoms with van der Waals surface area (Å²) in [5, 5.41) is 13.3. The summed E-state index contributed by atoms with van der Waals surface area (Å²) in [4.78, 5) is 12.1. The first kappa shape index (κ1) is 15.4. The summed E-state index contributed by atoms with van der Waals surface area (Å²) in [7, 11) is -1.61. The van der Waals surface area contributed by atoms with Crippen LogP contribution >= 0.6 is 0 Å². The molecule has 9 heteroatoms. The van der Waals surface area contributed by atoms with Crippen molar-refractivity contribution in [3.05, 3.63) is 18.1 Å². The van der Waals surface area contributed by atoms with E-state index in [1.807, 2.05) is 13.8 Å². The molecular weight excluding hydrogens is 294 g/mol. The molecule has 0 aliphatic rings. The van der Waals surface area contributed by atoms with E-state index in [9.17, 15) is 9.00 Å². The molecule has 0 aliphatic carbocycles. The minimum atomic E-state index is -1.61. The molecule has 8 nitrogen and oxygen atoms in total. The van der Waals surface area contributed by atoms with Gasteiger partial charge in [0, 0.05) is 12.1 Å². The van der Waals surface area contributed by atoms with Gasteiger partial charge in [-0.25, -0.2) is 0 Å². The largest absolute Gasteiger partial charge is 0.338 e. The van der Waals surface area contributed by atoms with Gasteiger partial charge in [0.1, 0.15) is 22.4 Å². The van der Waals surface area contributed by atoms with Gasteiger partial charge in [0.05, 0.1) is 5.69 Å². The molecule has 2 aromatic rings. The molecule has 0 saturated heterocycles. The van der Waals surface area contributed by atoms with Crippen molar-refractivity contribution < 1.29 is 13.5 Å². The lowest BCUT2D eigenvalue weighted by Gasteiger charge is -2.13. The normalized spacial score (nSPS) is 14.1. The van der Waals surface area contributed by atoms with Crippen LogP contribution in [0, 0.1) is 6.92 Å². The number of rotatable bonds is 5. The van der Waals surface area contributed by atoms with Crippen LogP contribution in [0.5, 0.6) is 0 Å². The highest BCUT2D eigenvalue weighted by Gasteiger charge is 2.26. The van der Waals surface area contributed by atoms with Crippen molar-refractivity contribution in [3.63, 3.8) is 0 Å². The van der Waals surface area contributed by atoms with Crippen molar-refractivity contribution in [2.45, 2.75) is 44.1 Å². The van der Waals surface area contributed by atoms with E-state index in [0.717, 1.165) is 0 Å². The number of amides is 1. The molecule has 2 heterocycles. The van der Waals surface area contributed by atoms with Gasteiger partial charge in [0.15, 0.2) is 0 Å². The maximum Gasteiger partial charge on any atom is 0.242 e. The van der Waals surface area contributed by atoms with E-state index < -0.39 is 22.0 Å². The fourth-order valence-corrected chi connectivity index (χ4v) is 2.79. The molecule has 0 aromatic carbocycles. The summed E-state index contributed by atoms with van der Waals surface area (Å²) in [6, 6.07) is 1.65. The van der Waals surface area contributed by atoms with Crippen molar-refractivity contribution in [2.75, 3.05) is 5.32 Å². The quantitative estimate of drug-likeness (QED) is 0.892.